The molecule has 2 N–H and O–H groups in total. The van der Waals surface area contributed by atoms with Crippen molar-refractivity contribution in [1.82, 2.24) is 9.97 Å². The van der Waals surface area contributed by atoms with Crippen LogP contribution in [0, 0.1) is 12.7 Å². The van der Waals surface area contributed by atoms with E-state index in [2.05, 4.69) is 20.6 Å². The van der Waals surface area contributed by atoms with Crippen LogP contribution < -0.4 is 10.6 Å². The fourth-order valence-electron chi connectivity index (χ4n) is 2.96. The summed E-state index contributed by atoms with van der Waals surface area (Å²) < 4.78 is 13.1. The van der Waals surface area contributed by atoms with E-state index in [1.165, 1.54) is 12.1 Å². The molecule has 30 heavy (non-hydrogen) atoms. The van der Waals surface area contributed by atoms with Crippen molar-refractivity contribution in [1.29, 1.82) is 0 Å². The molecule has 4 rings (SSSR count). The molecule has 6 heteroatoms. The van der Waals surface area contributed by atoms with Crippen LogP contribution in [0.3, 0.4) is 0 Å². The van der Waals surface area contributed by atoms with Gasteiger partial charge in [-0.05, 0) is 54.4 Å². The van der Waals surface area contributed by atoms with Crippen LogP contribution in [-0.4, -0.2) is 15.9 Å². The third-order valence-corrected chi connectivity index (χ3v) is 4.60. The molecule has 5 nitrogen and oxygen atoms in total. The molecule has 4 aromatic rings. The van der Waals surface area contributed by atoms with Crippen LogP contribution in [0.5, 0.6) is 0 Å². The fourth-order valence-corrected chi connectivity index (χ4v) is 2.96. The number of hydrogen-bond acceptors (Lipinski definition) is 4. The predicted octanol–water partition coefficient (Wildman–Crippen LogP) is 5.59. The van der Waals surface area contributed by atoms with Gasteiger partial charge in [0.2, 0.25) is 5.95 Å². The summed E-state index contributed by atoms with van der Waals surface area (Å²) in [6, 6.07) is 20.9. The van der Waals surface area contributed by atoms with Crippen LogP contribution >= 0.6 is 0 Å². The molecule has 3 aromatic carbocycles. The SMILES string of the molecule is Cc1ccccc1NC(=O)c1cccc(Nc2ncc(-c3ccc(F)cc3)cn2)c1. The van der Waals surface area contributed by atoms with Gasteiger partial charge in [-0.2, -0.15) is 0 Å². The second-order valence-corrected chi connectivity index (χ2v) is 6.78. The first-order valence-corrected chi connectivity index (χ1v) is 9.40. The quantitative estimate of drug-likeness (QED) is 0.460. The molecule has 0 radical (unpaired) electrons. The summed E-state index contributed by atoms with van der Waals surface area (Å²) in [6.45, 7) is 1.94. The van der Waals surface area contributed by atoms with Crippen LogP contribution in [0.25, 0.3) is 11.1 Å². The molecule has 0 saturated carbocycles. The van der Waals surface area contributed by atoms with Crippen LogP contribution in [0.15, 0.2) is 85.2 Å². The molecule has 1 amide bonds. The summed E-state index contributed by atoms with van der Waals surface area (Å²) in [7, 11) is 0. The van der Waals surface area contributed by atoms with E-state index in [4.69, 9.17) is 0 Å². The number of anilines is 3. The van der Waals surface area contributed by atoms with E-state index in [0.717, 1.165) is 22.4 Å². The maximum atomic E-state index is 13.1. The van der Waals surface area contributed by atoms with Crippen molar-refractivity contribution in [3.8, 4) is 11.1 Å². The number of halogens is 1. The standard InChI is InChI=1S/C24H19FN4O/c1-16-5-2-3-8-22(16)29-23(30)18-6-4-7-21(13-18)28-24-26-14-19(15-27-24)17-9-11-20(25)12-10-17/h2-15H,1H3,(H,29,30)(H,26,27,28). The number of aryl methyl sites for hydroxylation is 1. The normalized spacial score (nSPS) is 10.5. The smallest absolute Gasteiger partial charge is 0.255 e. The van der Waals surface area contributed by atoms with E-state index in [0.29, 0.717) is 17.2 Å². The lowest BCUT2D eigenvalue weighted by molar-refractivity contribution is 0.102. The minimum absolute atomic E-state index is 0.194. The lowest BCUT2D eigenvalue weighted by Gasteiger charge is -2.10. The third kappa shape index (κ3) is 4.50. The van der Waals surface area contributed by atoms with Gasteiger partial charge in [-0.3, -0.25) is 4.79 Å². The Labute approximate surface area is 173 Å². The number of benzene rings is 3. The number of rotatable bonds is 5. The second kappa shape index (κ2) is 8.53. The minimum atomic E-state index is -0.288. The average Bonchev–Trinajstić information content (AvgIpc) is 2.77. The van der Waals surface area contributed by atoms with E-state index < -0.39 is 0 Å². The number of hydrogen-bond donors (Lipinski definition) is 2. The Morgan fingerprint density at radius 2 is 1.60 bits per heavy atom. The van der Waals surface area contributed by atoms with Gasteiger partial charge in [0.05, 0.1) is 0 Å². The van der Waals surface area contributed by atoms with E-state index in [1.807, 2.05) is 37.3 Å². The zero-order valence-corrected chi connectivity index (χ0v) is 16.3. The van der Waals surface area contributed by atoms with Gasteiger partial charge in [-0.25, -0.2) is 14.4 Å². The Kier molecular flexibility index (Phi) is 5.48. The van der Waals surface area contributed by atoms with Crippen LogP contribution in [-0.2, 0) is 0 Å². The van der Waals surface area contributed by atoms with Crippen molar-refractivity contribution in [3.63, 3.8) is 0 Å². The van der Waals surface area contributed by atoms with Crippen LogP contribution in [0.4, 0.5) is 21.7 Å². The van der Waals surface area contributed by atoms with Gasteiger partial charge in [-0.1, -0.05) is 36.4 Å². The lowest BCUT2D eigenvalue weighted by Crippen LogP contribution is -2.13. The molecule has 0 bridgehead atoms. The summed E-state index contributed by atoms with van der Waals surface area (Å²) in [5, 5.41) is 6.02. The first-order valence-electron chi connectivity index (χ1n) is 9.40. The number of nitrogens with one attached hydrogen (secondary N) is 2. The fraction of sp³-hybridized carbons (Fsp3) is 0.0417. The van der Waals surface area contributed by atoms with Crippen molar-refractivity contribution in [2.45, 2.75) is 6.92 Å². The summed E-state index contributed by atoms with van der Waals surface area (Å²) >= 11 is 0. The lowest BCUT2D eigenvalue weighted by atomic mass is 10.1. The molecule has 0 aliphatic heterocycles. The third-order valence-electron chi connectivity index (χ3n) is 4.60. The van der Waals surface area contributed by atoms with E-state index in [9.17, 15) is 9.18 Å². The molecule has 0 aliphatic carbocycles. The van der Waals surface area contributed by atoms with Crippen molar-refractivity contribution in [2.24, 2.45) is 0 Å². The highest BCUT2D eigenvalue weighted by Crippen LogP contribution is 2.21. The highest BCUT2D eigenvalue weighted by Gasteiger charge is 2.09. The average molecular weight is 398 g/mol. The van der Waals surface area contributed by atoms with Gasteiger partial charge in [0.25, 0.3) is 5.91 Å². The van der Waals surface area contributed by atoms with E-state index in [-0.39, 0.29) is 11.7 Å². The van der Waals surface area contributed by atoms with Gasteiger partial charge in [0.15, 0.2) is 0 Å². The van der Waals surface area contributed by atoms with Gasteiger partial charge < -0.3 is 10.6 Å². The van der Waals surface area contributed by atoms with E-state index in [1.54, 1.807) is 42.7 Å². The monoisotopic (exact) mass is 398 g/mol. The zero-order valence-electron chi connectivity index (χ0n) is 16.3. The maximum absolute atomic E-state index is 13.1. The molecule has 0 saturated heterocycles. The first-order chi connectivity index (χ1) is 14.6. The molecule has 148 valence electrons. The van der Waals surface area contributed by atoms with Crippen molar-refractivity contribution in [2.75, 3.05) is 10.6 Å². The number of nitrogens with zero attached hydrogens (tertiary/aromatic N) is 2. The molecule has 0 spiro atoms. The Morgan fingerprint density at radius 3 is 2.33 bits per heavy atom. The molecule has 0 unspecified atom stereocenters. The zero-order chi connectivity index (χ0) is 20.9. The molecular formula is C24H19FN4O. The number of amides is 1. The Morgan fingerprint density at radius 1 is 0.867 bits per heavy atom. The molecule has 1 aromatic heterocycles. The first kappa shape index (κ1) is 19.3. The number of carbonyl (C=O) groups is 1. The molecular weight excluding hydrogens is 379 g/mol. The maximum Gasteiger partial charge on any atom is 0.255 e. The minimum Gasteiger partial charge on any atom is -0.324 e. The summed E-state index contributed by atoms with van der Waals surface area (Å²) in [5.41, 5.74) is 4.60. The topological polar surface area (TPSA) is 66.9 Å². The Hall–Kier alpha value is -4.06. The van der Waals surface area contributed by atoms with Crippen molar-refractivity contribution >= 4 is 23.2 Å². The predicted molar refractivity (Wildman–Crippen MR) is 116 cm³/mol. The largest absolute Gasteiger partial charge is 0.324 e. The molecule has 1 heterocycles. The highest BCUT2D eigenvalue weighted by molar-refractivity contribution is 6.05. The van der Waals surface area contributed by atoms with E-state index >= 15 is 0 Å². The number of para-hydroxylation sites is 1. The number of carbonyl (C=O) groups excluding carboxylic acids is 1. The highest BCUT2D eigenvalue weighted by atomic mass is 19.1. The Balaban J connectivity index is 1.47. The summed E-state index contributed by atoms with van der Waals surface area (Å²) in [5.74, 6) is -0.0813. The molecule has 0 fully saturated rings. The van der Waals surface area contributed by atoms with Crippen molar-refractivity contribution < 1.29 is 9.18 Å². The van der Waals surface area contributed by atoms with Gasteiger partial charge in [0, 0.05) is 34.9 Å². The van der Waals surface area contributed by atoms with Crippen LogP contribution in [0.2, 0.25) is 0 Å². The van der Waals surface area contributed by atoms with Gasteiger partial charge in [-0.15, -0.1) is 0 Å². The Bertz CT molecular complexity index is 1170. The van der Waals surface area contributed by atoms with Gasteiger partial charge >= 0.3 is 0 Å². The molecule has 0 aliphatic rings. The van der Waals surface area contributed by atoms with Crippen LogP contribution in [0.1, 0.15) is 15.9 Å². The number of aromatic nitrogens is 2. The summed E-state index contributed by atoms with van der Waals surface area (Å²) in [6.07, 6.45) is 3.33. The van der Waals surface area contributed by atoms with Gasteiger partial charge in [0.1, 0.15) is 5.82 Å². The summed E-state index contributed by atoms with van der Waals surface area (Å²) in [4.78, 5) is 21.2. The molecule has 0 atom stereocenters. The second-order valence-electron chi connectivity index (χ2n) is 6.78. The van der Waals surface area contributed by atoms with Crippen molar-refractivity contribution in [3.05, 3.63) is 102 Å².